The monoisotopic (exact) mass is 218 g/mol. The summed E-state index contributed by atoms with van der Waals surface area (Å²) in [4.78, 5) is 13.2. The lowest BCUT2D eigenvalue weighted by Crippen LogP contribution is -2.31. The van der Waals surface area contributed by atoms with Gasteiger partial charge in [-0.15, -0.1) is 0 Å². The predicted octanol–water partition coefficient (Wildman–Crippen LogP) is 1.90. The zero-order chi connectivity index (χ0) is 12.1. The smallest absolute Gasteiger partial charge is 0.244 e. The van der Waals surface area contributed by atoms with E-state index >= 15 is 0 Å². The van der Waals surface area contributed by atoms with Crippen molar-refractivity contribution in [1.82, 2.24) is 0 Å². The summed E-state index contributed by atoms with van der Waals surface area (Å²) in [6.45, 7) is 1.79. The highest BCUT2D eigenvalue weighted by molar-refractivity contribution is 5.96. The van der Waals surface area contributed by atoms with Gasteiger partial charge in [-0.1, -0.05) is 13.0 Å². The summed E-state index contributed by atoms with van der Waals surface area (Å²) in [5, 5.41) is 18.1. The second-order valence-corrected chi connectivity index (χ2v) is 3.51. The maximum atomic E-state index is 11.8. The number of carbonyl (C=O) groups is 1. The maximum absolute atomic E-state index is 11.8. The lowest BCUT2D eigenvalue weighted by molar-refractivity contribution is -0.120. The summed E-state index contributed by atoms with van der Waals surface area (Å²) < 4.78 is 0. The number of amides is 1. The minimum atomic E-state index is -0.632. The second kappa shape index (κ2) is 5.17. The molecule has 0 saturated carbocycles. The fourth-order valence-corrected chi connectivity index (χ4v) is 1.38. The van der Waals surface area contributed by atoms with E-state index in [1.165, 1.54) is 17.0 Å². The normalized spacial score (nSPS) is 11.6. The maximum Gasteiger partial charge on any atom is 0.244 e. The number of nitrogens with zero attached hydrogens (tertiary/aromatic N) is 2. The van der Waals surface area contributed by atoms with E-state index < -0.39 is 5.92 Å². The third-order valence-electron chi connectivity index (χ3n) is 2.41. The Hall–Kier alpha value is -2.02. The van der Waals surface area contributed by atoms with Gasteiger partial charge < -0.3 is 10.0 Å². The van der Waals surface area contributed by atoms with Crippen LogP contribution in [0.1, 0.15) is 13.3 Å². The highest BCUT2D eigenvalue weighted by Gasteiger charge is 2.20. The van der Waals surface area contributed by atoms with Gasteiger partial charge in [-0.3, -0.25) is 4.79 Å². The number of aromatic hydroxyl groups is 1. The molecular formula is C12H14N2O2. The van der Waals surface area contributed by atoms with E-state index in [0.717, 1.165) is 0 Å². The van der Waals surface area contributed by atoms with Crippen molar-refractivity contribution in [3.8, 4) is 11.8 Å². The SMILES string of the molecule is CCC(C#N)C(=O)N(C)c1cccc(O)c1. The number of carbonyl (C=O) groups excluding carboxylic acids is 1. The molecule has 0 aliphatic heterocycles. The van der Waals surface area contributed by atoms with Crippen LogP contribution in [0.4, 0.5) is 5.69 Å². The molecule has 0 aliphatic rings. The number of hydrogen-bond acceptors (Lipinski definition) is 3. The number of hydrogen-bond donors (Lipinski definition) is 1. The van der Waals surface area contributed by atoms with Crippen LogP contribution in [0, 0.1) is 17.2 Å². The van der Waals surface area contributed by atoms with Crippen LogP contribution in [0.15, 0.2) is 24.3 Å². The van der Waals surface area contributed by atoms with Crippen LogP contribution < -0.4 is 4.90 Å². The quantitative estimate of drug-likeness (QED) is 0.842. The number of anilines is 1. The van der Waals surface area contributed by atoms with Crippen LogP contribution in [-0.2, 0) is 4.79 Å². The minimum Gasteiger partial charge on any atom is -0.508 e. The third kappa shape index (κ3) is 2.51. The van der Waals surface area contributed by atoms with E-state index in [1.807, 2.05) is 6.07 Å². The Kier molecular flexibility index (Phi) is 3.90. The molecule has 0 radical (unpaired) electrons. The van der Waals surface area contributed by atoms with Crippen LogP contribution >= 0.6 is 0 Å². The molecule has 1 aromatic carbocycles. The highest BCUT2D eigenvalue weighted by Crippen LogP contribution is 2.20. The lowest BCUT2D eigenvalue weighted by Gasteiger charge is -2.19. The Labute approximate surface area is 94.7 Å². The van der Waals surface area contributed by atoms with E-state index in [4.69, 9.17) is 5.26 Å². The molecular weight excluding hydrogens is 204 g/mol. The highest BCUT2D eigenvalue weighted by atomic mass is 16.3. The Bertz CT molecular complexity index is 423. The van der Waals surface area contributed by atoms with Gasteiger partial charge in [0.05, 0.1) is 6.07 Å². The Morgan fingerprint density at radius 1 is 1.62 bits per heavy atom. The lowest BCUT2D eigenvalue weighted by atomic mass is 10.1. The molecule has 0 aromatic heterocycles. The van der Waals surface area contributed by atoms with E-state index in [9.17, 15) is 9.90 Å². The molecule has 16 heavy (non-hydrogen) atoms. The zero-order valence-electron chi connectivity index (χ0n) is 9.34. The van der Waals surface area contributed by atoms with Crippen LogP contribution in [0.25, 0.3) is 0 Å². The van der Waals surface area contributed by atoms with Gasteiger partial charge in [0.2, 0.25) is 5.91 Å². The molecule has 1 N–H and O–H groups in total. The summed E-state index contributed by atoms with van der Waals surface area (Å²) in [7, 11) is 1.59. The van der Waals surface area contributed by atoms with Gasteiger partial charge in [-0.25, -0.2) is 0 Å². The number of phenols is 1. The van der Waals surface area contributed by atoms with Crippen LogP contribution in [-0.4, -0.2) is 18.1 Å². The van der Waals surface area contributed by atoms with E-state index in [-0.39, 0.29) is 11.7 Å². The van der Waals surface area contributed by atoms with Gasteiger partial charge in [0.1, 0.15) is 11.7 Å². The molecule has 4 nitrogen and oxygen atoms in total. The van der Waals surface area contributed by atoms with Gasteiger partial charge in [-0.05, 0) is 18.6 Å². The largest absolute Gasteiger partial charge is 0.508 e. The summed E-state index contributed by atoms with van der Waals surface area (Å²) in [6.07, 6.45) is 0.485. The molecule has 1 unspecified atom stereocenters. The van der Waals surface area contributed by atoms with Crippen molar-refractivity contribution < 1.29 is 9.90 Å². The molecule has 1 aromatic rings. The topological polar surface area (TPSA) is 64.3 Å². The van der Waals surface area contributed by atoms with E-state index in [2.05, 4.69) is 0 Å². The van der Waals surface area contributed by atoms with Crippen LogP contribution in [0.2, 0.25) is 0 Å². The molecule has 84 valence electrons. The fourth-order valence-electron chi connectivity index (χ4n) is 1.38. The fraction of sp³-hybridized carbons (Fsp3) is 0.333. The van der Waals surface area contributed by atoms with Gasteiger partial charge in [-0.2, -0.15) is 5.26 Å². The van der Waals surface area contributed by atoms with Gasteiger partial charge in [0.25, 0.3) is 0 Å². The van der Waals surface area contributed by atoms with Gasteiger partial charge in [0, 0.05) is 18.8 Å². The Morgan fingerprint density at radius 2 is 2.31 bits per heavy atom. The van der Waals surface area contributed by atoms with Gasteiger partial charge in [0.15, 0.2) is 0 Å². The van der Waals surface area contributed by atoms with E-state index in [0.29, 0.717) is 12.1 Å². The number of rotatable bonds is 3. The molecule has 1 atom stereocenters. The van der Waals surface area contributed by atoms with Crippen LogP contribution in [0.5, 0.6) is 5.75 Å². The van der Waals surface area contributed by atoms with Crippen molar-refractivity contribution in [2.75, 3.05) is 11.9 Å². The molecule has 0 fully saturated rings. The van der Waals surface area contributed by atoms with Gasteiger partial charge >= 0.3 is 0 Å². The summed E-state index contributed by atoms with van der Waals surface area (Å²) in [5.41, 5.74) is 0.582. The molecule has 0 bridgehead atoms. The molecule has 0 saturated heterocycles. The molecule has 0 aliphatic carbocycles. The number of phenolic OH excluding ortho intramolecular Hbond substituents is 1. The Balaban J connectivity index is 2.90. The number of benzene rings is 1. The zero-order valence-corrected chi connectivity index (χ0v) is 9.34. The van der Waals surface area contributed by atoms with Crippen LogP contribution in [0.3, 0.4) is 0 Å². The van der Waals surface area contributed by atoms with Crippen molar-refractivity contribution in [2.45, 2.75) is 13.3 Å². The summed E-state index contributed by atoms with van der Waals surface area (Å²) in [6, 6.07) is 8.35. The average Bonchev–Trinajstić information content (AvgIpc) is 2.29. The Morgan fingerprint density at radius 3 is 2.81 bits per heavy atom. The van der Waals surface area contributed by atoms with E-state index in [1.54, 1.807) is 26.1 Å². The molecule has 4 heteroatoms. The molecule has 1 amide bonds. The van der Waals surface area contributed by atoms with Crippen molar-refractivity contribution in [2.24, 2.45) is 5.92 Å². The molecule has 0 spiro atoms. The van der Waals surface area contributed by atoms with Crippen molar-refractivity contribution in [3.05, 3.63) is 24.3 Å². The first kappa shape index (κ1) is 12.1. The number of nitriles is 1. The minimum absolute atomic E-state index is 0.0992. The summed E-state index contributed by atoms with van der Waals surface area (Å²) in [5.74, 6) is -0.787. The molecule has 1 rings (SSSR count). The van der Waals surface area contributed by atoms with Crippen molar-refractivity contribution in [3.63, 3.8) is 0 Å². The summed E-state index contributed by atoms with van der Waals surface area (Å²) >= 11 is 0. The standard InChI is InChI=1S/C12H14N2O2/c1-3-9(8-13)12(16)14(2)10-5-4-6-11(15)7-10/h4-7,9,15H,3H2,1-2H3. The second-order valence-electron chi connectivity index (χ2n) is 3.51. The first-order valence-corrected chi connectivity index (χ1v) is 5.06. The first-order chi connectivity index (χ1) is 7.60. The third-order valence-corrected chi connectivity index (χ3v) is 2.41. The average molecular weight is 218 g/mol. The van der Waals surface area contributed by atoms with Crippen molar-refractivity contribution >= 4 is 11.6 Å². The predicted molar refractivity (Wildman–Crippen MR) is 60.9 cm³/mol. The first-order valence-electron chi connectivity index (χ1n) is 5.06. The molecule has 0 heterocycles. The van der Waals surface area contributed by atoms with Crippen molar-refractivity contribution in [1.29, 1.82) is 5.26 Å².